The molecule has 0 unspecified atom stereocenters. The fourth-order valence-corrected chi connectivity index (χ4v) is 5.36. The molecule has 4 rings (SSSR count). The van der Waals surface area contributed by atoms with Gasteiger partial charge in [-0.25, -0.2) is 0 Å². The van der Waals surface area contributed by atoms with Crippen LogP contribution in [0.2, 0.25) is 5.02 Å². The molecule has 2 amide bonds. The lowest BCUT2D eigenvalue weighted by Crippen LogP contribution is -2.47. The number of benzene rings is 3. The summed E-state index contributed by atoms with van der Waals surface area (Å²) in [6.07, 6.45) is 0. The van der Waals surface area contributed by atoms with Crippen LogP contribution in [0.25, 0.3) is 0 Å². The van der Waals surface area contributed by atoms with E-state index in [2.05, 4.69) is 5.32 Å². The van der Waals surface area contributed by atoms with Crippen LogP contribution >= 0.6 is 23.4 Å². The first-order valence-corrected chi connectivity index (χ1v) is 11.9. The number of carbonyl (C=O) groups is 2. The summed E-state index contributed by atoms with van der Waals surface area (Å²) < 4.78 is 5.36. The Morgan fingerprint density at radius 2 is 1.88 bits per heavy atom. The molecule has 0 aliphatic carbocycles. The molecule has 3 aromatic carbocycles. The molecule has 1 heterocycles. The number of nitrogens with one attached hydrogen (secondary N) is 1. The Labute approximate surface area is 203 Å². The number of ether oxygens (including phenoxy) is 1. The summed E-state index contributed by atoms with van der Waals surface area (Å²) in [5, 5.41) is 3.06. The highest BCUT2D eigenvalue weighted by Crippen LogP contribution is 2.42. The molecule has 0 spiro atoms. The second-order valence-electron chi connectivity index (χ2n) is 7.88. The smallest absolute Gasteiger partial charge is 0.241 e. The summed E-state index contributed by atoms with van der Waals surface area (Å²) in [7, 11) is 1.60. The second-order valence-corrected chi connectivity index (χ2v) is 9.50. The van der Waals surface area contributed by atoms with Crippen molar-refractivity contribution in [2.75, 3.05) is 12.0 Å². The van der Waals surface area contributed by atoms with E-state index in [1.807, 2.05) is 72.8 Å². The van der Waals surface area contributed by atoms with Crippen LogP contribution in [0.4, 0.5) is 5.69 Å². The molecule has 0 fully saturated rings. The van der Waals surface area contributed by atoms with E-state index >= 15 is 0 Å². The van der Waals surface area contributed by atoms with Crippen molar-refractivity contribution < 1.29 is 14.3 Å². The second kappa shape index (κ2) is 10.3. The molecule has 3 aromatic rings. The Hall–Kier alpha value is -2.96. The largest absolute Gasteiger partial charge is 0.496 e. The standard InChI is InChI=1S/C26H25ClN2O3S/c1-17(25(30)28-15-19-9-3-5-12-22(19)32-2)24-26(31)29(16-18-8-7-10-20(27)14-18)21-11-4-6-13-23(21)33-24/h3-14,17,24H,15-16H2,1-2H3,(H,28,30)/t17-,24-/m1/s1. The van der Waals surface area contributed by atoms with E-state index in [4.69, 9.17) is 16.3 Å². The molecular formula is C26H25ClN2O3S. The van der Waals surface area contributed by atoms with Crippen molar-refractivity contribution in [3.8, 4) is 5.75 Å². The summed E-state index contributed by atoms with van der Waals surface area (Å²) in [5.74, 6) is -0.0601. The van der Waals surface area contributed by atoms with Crippen LogP contribution in [0.5, 0.6) is 5.75 Å². The molecule has 7 heteroatoms. The molecule has 1 aliphatic rings. The predicted molar refractivity (Wildman–Crippen MR) is 133 cm³/mol. The first kappa shape index (κ1) is 23.2. The Kier molecular flexibility index (Phi) is 7.26. The number of anilines is 1. The first-order valence-electron chi connectivity index (χ1n) is 10.7. The minimum absolute atomic E-state index is 0.0846. The van der Waals surface area contributed by atoms with Crippen molar-refractivity contribution in [1.82, 2.24) is 5.32 Å². The maximum Gasteiger partial charge on any atom is 0.241 e. The number of hydrogen-bond donors (Lipinski definition) is 1. The zero-order valence-electron chi connectivity index (χ0n) is 18.5. The molecule has 0 saturated carbocycles. The third kappa shape index (κ3) is 5.18. The molecule has 1 N–H and O–H groups in total. The van der Waals surface area contributed by atoms with Crippen molar-refractivity contribution in [2.45, 2.75) is 30.2 Å². The van der Waals surface area contributed by atoms with Gasteiger partial charge in [-0.3, -0.25) is 9.59 Å². The number of hydrogen-bond acceptors (Lipinski definition) is 4. The van der Waals surface area contributed by atoms with Crippen LogP contribution in [0, 0.1) is 5.92 Å². The molecule has 170 valence electrons. The van der Waals surface area contributed by atoms with Gasteiger partial charge in [0, 0.05) is 22.0 Å². The van der Waals surface area contributed by atoms with Gasteiger partial charge in [0.05, 0.1) is 25.3 Å². The fourth-order valence-electron chi connectivity index (χ4n) is 3.87. The number of methoxy groups -OCH3 is 1. The van der Waals surface area contributed by atoms with Crippen molar-refractivity contribution in [3.05, 3.63) is 88.9 Å². The van der Waals surface area contributed by atoms with Gasteiger partial charge >= 0.3 is 0 Å². The Balaban J connectivity index is 1.53. The van der Waals surface area contributed by atoms with Gasteiger partial charge in [0.15, 0.2) is 0 Å². The number of carbonyl (C=O) groups excluding carboxylic acids is 2. The van der Waals surface area contributed by atoms with Crippen molar-refractivity contribution in [2.24, 2.45) is 5.92 Å². The van der Waals surface area contributed by atoms with E-state index < -0.39 is 11.2 Å². The molecule has 2 atom stereocenters. The SMILES string of the molecule is COc1ccccc1CNC(=O)[C@H](C)[C@H]1Sc2ccccc2N(Cc2cccc(Cl)c2)C1=O. The number of halogens is 1. The molecule has 1 aliphatic heterocycles. The van der Waals surface area contributed by atoms with Crippen LogP contribution in [-0.2, 0) is 22.7 Å². The van der Waals surface area contributed by atoms with Gasteiger partial charge in [0.2, 0.25) is 11.8 Å². The highest BCUT2D eigenvalue weighted by Gasteiger charge is 2.39. The Bertz CT molecular complexity index is 1170. The van der Waals surface area contributed by atoms with E-state index in [0.717, 1.165) is 27.5 Å². The number of thioether (sulfide) groups is 1. The Morgan fingerprint density at radius 3 is 2.67 bits per heavy atom. The van der Waals surface area contributed by atoms with Gasteiger partial charge in [-0.15, -0.1) is 11.8 Å². The lowest BCUT2D eigenvalue weighted by atomic mass is 10.0. The molecule has 0 radical (unpaired) electrons. The van der Waals surface area contributed by atoms with Crippen LogP contribution in [0.15, 0.2) is 77.7 Å². The van der Waals surface area contributed by atoms with Crippen molar-refractivity contribution >= 4 is 40.9 Å². The lowest BCUT2D eigenvalue weighted by molar-refractivity contribution is -0.128. The molecule has 33 heavy (non-hydrogen) atoms. The minimum atomic E-state index is -0.531. The zero-order valence-corrected chi connectivity index (χ0v) is 20.0. The Morgan fingerprint density at radius 1 is 1.12 bits per heavy atom. The highest BCUT2D eigenvalue weighted by molar-refractivity contribution is 8.01. The molecule has 0 saturated heterocycles. The van der Waals surface area contributed by atoms with Crippen molar-refractivity contribution in [3.63, 3.8) is 0 Å². The third-order valence-corrected chi connectivity index (χ3v) is 7.36. The molecule has 5 nitrogen and oxygen atoms in total. The van der Waals surface area contributed by atoms with Crippen LogP contribution in [-0.4, -0.2) is 24.2 Å². The minimum Gasteiger partial charge on any atom is -0.496 e. The van der Waals surface area contributed by atoms with E-state index in [-0.39, 0.29) is 11.8 Å². The third-order valence-electron chi connectivity index (χ3n) is 5.66. The quantitative estimate of drug-likeness (QED) is 0.498. The average Bonchev–Trinajstić information content (AvgIpc) is 2.84. The van der Waals surface area contributed by atoms with Gasteiger partial charge in [0.25, 0.3) is 0 Å². The van der Waals surface area contributed by atoms with Gasteiger partial charge < -0.3 is 15.0 Å². The van der Waals surface area contributed by atoms with Gasteiger partial charge in [-0.1, -0.05) is 61.0 Å². The number of rotatable bonds is 7. The summed E-state index contributed by atoms with van der Waals surface area (Å²) in [4.78, 5) is 29.3. The van der Waals surface area contributed by atoms with E-state index in [0.29, 0.717) is 18.1 Å². The highest BCUT2D eigenvalue weighted by atomic mass is 35.5. The number of para-hydroxylation sites is 2. The van der Waals surface area contributed by atoms with Crippen LogP contribution < -0.4 is 15.0 Å². The summed E-state index contributed by atoms with van der Waals surface area (Å²) >= 11 is 7.60. The van der Waals surface area contributed by atoms with Crippen molar-refractivity contribution in [1.29, 1.82) is 0 Å². The summed E-state index contributed by atoms with van der Waals surface area (Å²) in [6, 6.07) is 22.8. The van der Waals surface area contributed by atoms with Crippen LogP contribution in [0.3, 0.4) is 0 Å². The topological polar surface area (TPSA) is 58.6 Å². The fraction of sp³-hybridized carbons (Fsp3) is 0.231. The maximum atomic E-state index is 13.6. The lowest BCUT2D eigenvalue weighted by Gasteiger charge is -2.35. The van der Waals surface area contributed by atoms with Gasteiger partial charge in [-0.2, -0.15) is 0 Å². The van der Waals surface area contributed by atoms with Gasteiger partial charge in [-0.05, 0) is 35.9 Å². The summed E-state index contributed by atoms with van der Waals surface area (Å²) in [6.45, 7) is 2.53. The number of fused-ring (bicyclic) bond motifs is 1. The van der Waals surface area contributed by atoms with E-state index in [9.17, 15) is 9.59 Å². The van der Waals surface area contributed by atoms with Gasteiger partial charge in [0.1, 0.15) is 11.0 Å². The average molecular weight is 481 g/mol. The monoisotopic (exact) mass is 480 g/mol. The van der Waals surface area contributed by atoms with Crippen LogP contribution in [0.1, 0.15) is 18.1 Å². The van der Waals surface area contributed by atoms with E-state index in [1.165, 1.54) is 11.8 Å². The molecule has 0 aromatic heterocycles. The number of amides is 2. The maximum absolute atomic E-state index is 13.6. The van der Waals surface area contributed by atoms with E-state index in [1.54, 1.807) is 18.9 Å². The zero-order chi connectivity index (χ0) is 23.4. The predicted octanol–water partition coefficient (Wildman–Crippen LogP) is 5.31. The molecule has 0 bridgehead atoms. The normalized spacial score (nSPS) is 16.2. The summed E-state index contributed by atoms with van der Waals surface area (Å²) in [5.41, 5.74) is 2.67. The number of nitrogens with zero attached hydrogens (tertiary/aromatic N) is 1. The molecular weight excluding hydrogens is 456 g/mol. The first-order chi connectivity index (χ1) is 16.0.